The zero-order valence-electron chi connectivity index (χ0n) is 43.0. The number of hydrogen-bond donors (Lipinski definition) is 7. The van der Waals surface area contributed by atoms with Crippen LogP contribution in [-0.2, 0) is 47.8 Å². The van der Waals surface area contributed by atoms with Gasteiger partial charge in [-0.2, -0.15) is 0 Å². The molecule has 10 atom stereocenters. The smallest absolute Gasteiger partial charge is 0.245 e. The van der Waals surface area contributed by atoms with Gasteiger partial charge in [0.25, 0.3) is 0 Å². The highest BCUT2D eigenvalue weighted by atomic mass is 16.6. The molecule has 67 heavy (non-hydrogen) atoms. The van der Waals surface area contributed by atoms with Crippen molar-refractivity contribution < 1.29 is 58.0 Å². The maximum absolute atomic E-state index is 13.6. The minimum absolute atomic E-state index is 0.0986. The summed E-state index contributed by atoms with van der Waals surface area (Å²) in [5, 5.41) is 32.5. The zero-order valence-corrected chi connectivity index (χ0v) is 43.0. The molecule has 18 heteroatoms. The monoisotopic (exact) mass is 951 g/mol. The van der Waals surface area contributed by atoms with Gasteiger partial charge in [-0.1, -0.05) is 100 Å². The van der Waals surface area contributed by atoms with Gasteiger partial charge in [0.05, 0.1) is 38.5 Å². The van der Waals surface area contributed by atoms with Crippen molar-refractivity contribution in [1.29, 1.82) is 0 Å². The van der Waals surface area contributed by atoms with Crippen molar-refractivity contribution in [3.63, 3.8) is 0 Å². The second-order valence-corrected chi connectivity index (χ2v) is 20.1. The predicted octanol–water partition coefficient (Wildman–Crippen LogP) is 2.90. The van der Waals surface area contributed by atoms with Crippen molar-refractivity contribution in [1.82, 2.24) is 31.5 Å². The molecule has 6 amide bonds. The number of nitrogens with zero attached hydrogens (tertiary/aromatic N) is 1. The zero-order chi connectivity index (χ0) is 51.6. The standard InChI is InChI=1S/C29H52N4O6.C20H34N2O6/c1-12-18(7)23(32-28(38)24(19(8)13-2)33(11)20(9)34)27(37)31-22(17(5)6)26(36)30-21(14-16(3)4)25(35)29(10)15-39-29;1-13(2)7-5-6-8-17(25)21-16(10-23)19(27)22-15(9-14(3)4)18(26)20(11-24)12-28-20/h16-19,21-24H,12-15H2,1-11H3,(H,30,36)(H,31,37)(H,32,38);13,15-16,23-24H,3,5-12H2,1-2,4H3,(H,21,25)(H,22,27)/t18-,19-,21-,22-,23-,24-,29+;15-,16-,20+/m00/s1. The molecule has 2 aliphatic rings. The predicted molar refractivity (Wildman–Crippen MR) is 255 cm³/mol. The van der Waals surface area contributed by atoms with Crippen LogP contribution in [-0.4, -0.2) is 143 Å². The fourth-order valence-electron chi connectivity index (χ4n) is 7.38. The van der Waals surface area contributed by atoms with Gasteiger partial charge in [0.2, 0.25) is 35.4 Å². The quantitative estimate of drug-likeness (QED) is 0.0312. The minimum atomic E-state index is -1.28. The second-order valence-electron chi connectivity index (χ2n) is 20.1. The molecular formula is C49H86N6O12. The largest absolute Gasteiger partial charge is 0.394 e. The molecule has 18 nitrogen and oxygen atoms in total. The number of rotatable bonds is 30. The summed E-state index contributed by atoms with van der Waals surface area (Å²) in [5.74, 6) is -3.09. The molecule has 2 heterocycles. The van der Waals surface area contributed by atoms with E-state index < -0.39 is 90.1 Å². The Morgan fingerprint density at radius 1 is 0.672 bits per heavy atom. The van der Waals surface area contributed by atoms with Gasteiger partial charge in [0.15, 0.2) is 17.2 Å². The topological polar surface area (TPSA) is 265 Å². The van der Waals surface area contributed by atoms with E-state index in [9.17, 15) is 48.6 Å². The molecule has 0 spiro atoms. The molecule has 2 fully saturated rings. The third kappa shape index (κ3) is 19.7. The van der Waals surface area contributed by atoms with Crippen molar-refractivity contribution >= 4 is 47.0 Å². The van der Waals surface area contributed by atoms with E-state index in [1.54, 1.807) is 20.9 Å². The first kappa shape index (κ1) is 60.8. The fourth-order valence-corrected chi connectivity index (χ4v) is 7.38. The second kappa shape index (κ2) is 28.3. The van der Waals surface area contributed by atoms with E-state index in [0.717, 1.165) is 12.8 Å². The lowest BCUT2D eigenvalue weighted by Crippen LogP contribution is -2.61. The number of unbranched alkanes of at least 4 members (excludes halogenated alkanes) is 1. The molecular weight excluding hydrogens is 865 g/mol. The summed E-state index contributed by atoms with van der Waals surface area (Å²) in [6.45, 7) is 27.4. The van der Waals surface area contributed by atoms with E-state index in [-0.39, 0.29) is 60.7 Å². The Bertz CT molecular complexity index is 1690. The number of hydrogen-bond acceptors (Lipinski definition) is 12. The van der Waals surface area contributed by atoms with Gasteiger partial charge in [-0.3, -0.25) is 38.4 Å². The number of carbonyl (C=O) groups is 8. The Hall–Kier alpha value is -4.26. The average Bonchev–Trinajstić information content (AvgIpc) is 4.20. The lowest BCUT2D eigenvalue weighted by Gasteiger charge is -2.34. The van der Waals surface area contributed by atoms with Gasteiger partial charge in [0.1, 0.15) is 29.8 Å². The van der Waals surface area contributed by atoms with Crippen LogP contribution >= 0.6 is 0 Å². The van der Waals surface area contributed by atoms with Crippen LogP contribution in [0.15, 0.2) is 12.2 Å². The first-order valence-corrected chi connectivity index (χ1v) is 24.1. The molecule has 7 N–H and O–H groups in total. The first-order valence-electron chi connectivity index (χ1n) is 24.1. The highest BCUT2D eigenvalue weighted by Gasteiger charge is 2.54. The Balaban J connectivity index is 0.000000707. The van der Waals surface area contributed by atoms with E-state index >= 15 is 0 Å². The van der Waals surface area contributed by atoms with Crippen molar-refractivity contribution in [3.8, 4) is 0 Å². The Morgan fingerprint density at radius 2 is 1.21 bits per heavy atom. The van der Waals surface area contributed by atoms with Crippen molar-refractivity contribution in [3.05, 3.63) is 12.2 Å². The Kier molecular flexibility index (Phi) is 25.6. The molecule has 0 unspecified atom stereocenters. The summed E-state index contributed by atoms with van der Waals surface area (Å²) < 4.78 is 10.4. The molecule has 0 aromatic heterocycles. The first-order chi connectivity index (χ1) is 31.1. The lowest BCUT2D eigenvalue weighted by molar-refractivity contribution is -0.141. The number of aliphatic hydroxyl groups is 2. The van der Waals surface area contributed by atoms with Gasteiger partial charge in [-0.15, -0.1) is 6.58 Å². The van der Waals surface area contributed by atoms with Gasteiger partial charge < -0.3 is 51.2 Å². The molecule has 0 bridgehead atoms. The number of carbonyl (C=O) groups excluding carboxylic acids is 8. The SMILES string of the molecule is C=C(C)C[C@H](NC(=O)[C@H](CO)NC(=O)CCCCC(C)C)C(=O)[C@@]1(CO)CO1.CC[C@H](C)[C@H](NC(=O)[C@H]([C@@H](C)CC)N(C)C(C)=O)C(=O)N[C@H](C(=O)N[C@@H](CC(C)C)C(=O)[C@@]1(C)CO1)C(C)C. The van der Waals surface area contributed by atoms with E-state index in [1.165, 1.54) is 11.8 Å². The lowest BCUT2D eigenvalue weighted by atomic mass is 9.92. The number of Topliss-reactive ketones (excluding diaryl/α,β-unsaturated/α-hetero) is 2. The number of aliphatic hydroxyl groups excluding tert-OH is 2. The normalized spacial score (nSPS) is 20.9. The number of epoxide rings is 2. The van der Waals surface area contributed by atoms with Crippen LogP contribution in [0.2, 0.25) is 0 Å². The van der Waals surface area contributed by atoms with Crippen molar-refractivity contribution in [2.75, 3.05) is 33.5 Å². The fraction of sp³-hybridized carbons (Fsp3) is 0.796. The maximum Gasteiger partial charge on any atom is 0.245 e. The highest BCUT2D eigenvalue weighted by Crippen LogP contribution is 2.31. The molecule has 384 valence electrons. The molecule has 0 aromatic carbocycles. The number of amides is 6. The van der Waals surface area contributed by atoms with Crippen LogP contribution in [0.3, 0.4) is 0 Å². The van der Waals surface area contributed by atoms with E-state index in [1.807, 2.05) is 55.4 Å². The van der Waals surface area contributed by atoms with Gasteiger partial charge in [0, 0.05) is 20.4 Å². The summed E-state index contributed by atoms with van der Waals surface area (Å²) in [7, 11) is 1.58. The van der Waals surface area contributed by atoms with E-state index in [4.69, 9.17) is 9.47 Å². The summed E-state index contributed by atoms with van der Waals surface area (Å²) in [5.41, 5.74) is -1.49. The molecule has 0 aliphatic carbocycles. The highest BCUT2D eigenvalue weighted by molar-refractivity contribution is 6.00. The molecule has 2 rings (SSSR count). The number of ketones is 2. The van der Waals surface area contributed by atoms with E-state index in [0.29, 0.717) is 43.8 Å². The average molecular weight is 951 g/mol. The maximum atomic E-state index is 13.6. The molecule has 2 aliphatic heterocycles. The Morgan fingerprint density at radius 3 is 1.64 bits per heavy atom. The van der Waals surface area contributed by atoms with Crippen LogP contribution < -0.4 is 26.6 Å². The summed E-state index contributed by atoms with van der Waals surface area (Å²) in [4.78, 5) is 104. The minimum Gasteiger partial charge on any atom is -0.394 e. The summed E-state index contributed by atoms with van der Waals surface area (Å²) >= 11 is 0. The number of likely N-dealkylation sites (N-methyl/N-ethyl adjacent to an activating group) is 1. The molecule has 0 saturated carbocycles. The van der Waals surface area contributed by atoms with Crippen LogP contribution in [0.25, 0.3) is 0 Å². The summed E-state index contributed by atoms with van der Waals surface area (Å²) in [6.07, 6.45) is 4.83. The van der Waals surface area contributed by atoms with Crippen LogP contribution in [0.5, 0.6) is 0 Å². The third-order valence-corrected chi connectivity index (χ3v) is 12.5. The van der Waals surface area contributed by atoms with Crippen molar-refractivity contribution in [2.45, 2.75) is 189 Å². The molecule has 2 saturated heterocycles. The van der Waals surface area contributed by atoms with Crippen LogP contribution in [0.4, 0.5) is 0 Å². The third-order valence-electron chi connectivity index (χ3n) is 12.5. The van der Waals surface area contributed by atoms with E-state index in [2.05, 4.69) is 47.0 Å². The van der Waals surface area contributed by atoms with Crippen LogP contribution in [0, 0.1) is 29.6 Å². The summed E-state index contributed by atoms with van der Waals surface area (Å²) in [6, 6.07) is -5.38. The van der Waals surface area contributed by atoms with Crippen LogP contribution in [0.1, 0.15) is 141 Å². The van der Waals surface area contributed by atoms with Gasteiger partial charge in [-0.25, -0.2) is 0 Å². The molecule has 0 aromatic rings. The molecule has 0 radical (unpaired) electrons. The van der Waals surface area contributed by atoms with Gasteiger partial charge >= 0.3 is 0 Å². The van der Waals surface area contributed by atoms with Gasteiger partial charge in [-0.05, 0) is 62.7 Å². The number of ether oxygens (including phenoxy) is 2. The van der Waals surface area contributed by atoms with Crippen molar-refractivity contribution in [2.24, 2.45) is 29.6 Å². The Labute approximate surface area is 399 Å². The number of nitrogens with one attached hydrogen (secondary N) is 5.